The molecule has 2 N–H and O–H groups in total. The number of ether oxygens (including phenoxy) is 1. The van der Waals surface area contributed by atoms with E-state index in [1.165, 1.54) is 24.3 Å². The van der Waals surface area contributed by atoms with Gasteiger partial charge in [0.05, 0.1) is 22.4 Å². The summed E-state index contributed by atoms with van der Waals surface area (Å²) in [6.07, 6.45) is -9.67. The molecule has 0 saturated carbocycles. The number of carbonyl (C=O) groups excluding carboxylic acids is 1. The number of nitro benzene ring substituents is 1. The standard InChI is InChI=1S/C27H18F6N4O6/c28-26(29,30)23-21(14-34-36(23)18-7-9-19(10-8-18)37(41)42)24(38)35-22(25(39)40)13-15-1-3-16(4-2-15)17-5-11-20(12-6-17)43-27(31,32)33/h1-12,14,22H,13H2,(H,35,38)(H,39,40)/t22-/m0/s1. The van der Waals surface area contributed by atoms with Crippen molar-refractivity contribution in [2.75, 3.05) is 0 Å². The molecule has 43 heavy (non-hydrogen) atoms. The van der Waals surface area contributed by atoms with Crippen LogP contribution in [0.4, 0.5) is 32.0 Å². The van der Waals surface area contributed by atoms with E-state index >= 15 is 0 Å². The summed E-state index contributed by atoms with van der Waals surface area (Å²) in [7, 11) is 0. The number of hydrogen-bond donors (Lipinski definition) is 2. The minimum absolute atomic E-state index is 0.227. The Hall–Kier alpha value is -5.41. The number of benzene rings is 3. The van der Waals surface area contributed by atoms with Gasteiger partial charge < -0.3 is 15.2 Å². The first-order valence-electron chi connectivity index (χ1n) is 12.0. The maximum Gasteiger partial charge on any atom is 0.573 e. The first-order valence-corrected chi connectivity index (χ1v) is 12.0. The summed E-state index contributed by atoms with van der Waals surface area (Å²) in [6.45, 7) is 0. The number of amides is 1. The van der Waals surface area contributed by atoms with Crippen LogP contribution in [0.3, 0.4) is 0 Å². The van der Waals surface area contributed by atoms with Gasteiger partial charge in [-0.2, -0.15) is 18.3 Å². The number of alkyl halides is 6. The summed E-state index contributed by atoms with van der Waals surface area (Å²) in [5.74, 6) is -3.32. The van der Waals surface area contributed by atoms with Crippen LogP contribution >= 0.6 is 0 Å². The second-order valence-electron chi connectivity index (χ2n) is 8.93. The maximum atomic E-state index is 14.0. The average molecular weight is 608 g/mol. The van der Waals surface area contributed by atoms with Gasteiger partial charge in [-0.3, -0.25) is 14.9 Å². The van der Waals surface area contributed by atoms with E-state index in [2.05, 4.69) is 15.2 Å². The van der Waals surface area contributed by atoms with Crippen molar-refractivity contribution < 1.29 is 50.7 Å². The van der Waals surface area contributed by atoms with Crippen molar-refractivity contribution in [3.05, 3.63) is 106 Å². The lowest BCUT2D eigenvalue weighted by Crippen LogP contribution is -2.42. The zero-order valence-electron chi connectivity index (χ0n) is 21.4. The molecule has 10 nitrogen and oxygen atoms in total. The predicted molar refractivity (Wildman–Crippen MR) is 136 cm³/mol. The number of nitrogens with zero attached hydrogens (tertiary/aromatic N) is 3. The molecule has 0 unspecified atom stereocenters. The van der Waals surface area contributed by atoms with E-state index in [0.717, 1.165) is 36.4 Å². The van der Waals surface area contributed by atoms with Crippen LogP contribution in [0.5, 0.6) is 5.75 Å². The topological polar surface area (TPSA) is 137 Å². The van der Waals surface area contributed by atoms with Crippen molar-refractivity contribution in [3.8, 4) is 22.6 Å². The predicted octanol–water partition coefficient (Wildman–Crippen LogP) is 5.79. The Morgan fingerprint density at radius 3 is 1.98 bits per heavy atom. The Kier molecular flexibility index (Phi) is 8.40. The normalized spacial score (nSPS) is 12.4. The summed E-state index contributed by atoms with van der Waals surface area (Å²) in [5.41, 5.74) is -1.63. The van der Waals surface area contributed by atoms with E-state index < -0.39 is 52.4 Å². The van der Waals surface area contributed by atoms with Crippen LogP contribution in [0.1, 0.15) is 21.6 Å². The molecule has 0 radical (unpaired) electrons. The monoisotopic (exact) mass is 608 g/mol. The number of rotatable bonds is 9. The van der Waals surface area contributed by atoms with E-state index in [-0.39, 0.29) is 17.8 Å². The fourth-order valence-corrected chi connectivity index (χ4v) is 4.05. The third-order valence-corrected chi connectivity index (χ3v) is 6.01. The van der Waals surface area contributed by atoms with Crippen LogP contribution in [0.25, 0.3) is 16.8 Å². The summed E-state index contributed by atoms with van der Waals surface area (Å²) in [4.78, 5) is 34.9. The van der Waals surface area contributed by atoms with E-state index in [9.17, 15) is 51.2 Å². The van der Waals surface area contributed by atoms with Crippen LogP contribution in [-0.2, 0) is 17.4 Å². The summed E-state index contributed by atoms with van der Waals surface area (Å²) >= 11 is 0. The summed E-state index contributed by atoms with van der Waals surface area (Å²) in [5, 5.41) is 26.2. The molecule has 0 fully saturated rings. The van der Waals surface area contributed by atoms with Gasteiger partial charge in [0.2, 0.25) is 0 Å². The van der Waals surface area contributed by atoms with Gasteiger partial charge in [-0.1, -0.05) is 36.4 Å². The molecule has 4 rings (SSSR count). The largest absolute Gasteiger partial charge is 0.573 e. The molecule has 0 bridgehead atoms. The Balaban J connectivity index is 1.51. The maximum absolute atomic E-state index is 14.0. The minimum atomic E-state index is -5.11. The number of non-ortho nitro benzene ring substituents is 1. The van der Waals surface area contributed by atoms with Gasteiger partial charge in [-0.15, -0.1) is 13.2 Å². The molecule has 1 atom stereocenters. The van der Waals surface area contributed by atoms with Crippen LogP contribution in [0.2, 0.25) is 0 Å². The van der Waals surface area contributed by atoms with E-state index in [1.807, 2.05) is 0 Å². The number of halogens is 6. The van der Waals surface area contributed by atoms with Crippen LogP contribution in [0.15, 0.2) is 79.0 Å². The molecule has 4 aromatic rings. The number of nitro groups is 1. The molecule has 16 heteroatoms. The highest BCUT2D eigenvalue weighted by Gasteiger charge is 2.41. The number of nitrogens with one attached hydrogen (secondary N) is 1. The highest BCUT2D eigenvalue weighted by Crippen LogP contribution is 2.34. The fraction of sp³-hybridized carbons (Fsp3) is 0.148. The Labute approximate surface area is 237 Å². The van der Waals surface area contributed by atoms with Gasteiger partial charge in [0.1, 0.15) is 11.8 Å². The Bertz CT molecular complexity index is 1630. The average Bonchev–Trinajstić information content (AvgIpc) is 3.39. The van der Waals surface area contributed by atoms with Crippen LogP contribution < -0.4 is 10.1 Å². The smallest absolute Gasteiger partial charge is 0.480 e. The third kappa shape index (κ3) is 7.46. The van der Waals surface area contributed by atoms with Gasteiger partial charge in [0.25, 0.3) is 11.6 Å². The second-order valence-corrected chi connectivity index (χ2v) is 8.93. The van der Waals surface area contributed by atoms with Crippen molar-refractivity contribution in [1.82, 2.24) is 15.1 Å². The quantitative estimate of drug-likeness (QED) is 0.139. The molecule has 0 aliphatic rings. The molecule has 0 spiro atoms. The number of carboxylic acids is 1. The molecule has 224 valence electrons. The third-order valence-electron chi connectivity index (χ3n) is 6.01. The zero-order chi connectivity index (χ0) is 31.5. The summed E-state index contributed by atoms with van der Waals surface area (Å²) < 4.78 is 83.2. The highest BCUT2D eigenvalue weighted by atomic mass is 19.4. The minimum Gasteiger partial charge on any atom is -0.480 e. The number of carbonyl (C=O) groups is 2. The SMILES string of the molecule is O=C(N[C@@H](Cc1ccc(-c2ccc(OC(F)(F)F)cc2)cc1)C(=O)O)c1cnn(-c2ccc([N+](=O)[O-])cc2)c1C(F)(F)F. The number of aliphatic carboxylic acids is 1. The van der Waals surface area contributed by atoms with Gasteiger partial charge in [0, 0.05) is 18.6 Å². The van der Waals surface area contributed by atoms with Crippen molar-refractivity contribution in [2.24, 2.45) is 0 Å². The fourth-order valence-electron chi connectivity index (χ4n) is 4.05. The van der Waals surface area contributed by atoms with Crippen LogP contribution in [0, 0.1) is 10.1 Å². The lowest BCUT2D eigenvalue weighted by Gasteiger charge is -2.16. The van der Waals surface area contributed by atoms with Gasteiger partial charge >= 0.3 is 18.5 Å². The van der Waals surface area contributed by atoms with E-state index in [0.29, 0.717) is 27.6 Å². The van der Waals surface area contributed by atoms with Gasteiger partial charge in [-0.05, 0) is 41.0 Å². The lowest BCUT2D eigenvalue weighted by atomic mass is 10.0. The van der Waals surface area contributed by atoms with E-state index in [1.54, 1.807) is 12.1 Å². The number of aromatic nitrogens is 2. The van der Waals surface area contributed by atoms with Gasteiger partial charge in [-0.25, -0.2) is 9.48 Å². The molecular weight excluding hydrogens is 590 g/mol. The zero-order valence-corrected chi connectivity index (χ0v) is 21.4. The second kappa shape index (κ2) is 11.8. The number of hydrogen-bond acceptors (Lipinski definition) is 6. The molecule has 0 aliphatic heterocycles. The van der Waals surface area contributed by atoms with Crippen molar-refractivity contribution >= 4 is 17.6 Å². The van der Waals surface area contributed by atoms with Crippen molar-refractivity contribution in [2.45, 2.75) is 25.0 Å². The first kappa shape index (κ1) is 30.5. The van der Waals surface area contributed by atoms with Gasteiger partial charge in [0.15, 0.2) is 5.69 Å². The highest BCUT2D eigenvalue weighted by molar-refractivity contribution is 5.97. The number of carboxylic acid groups (broad SMARTS) is 1. The molecule has 1 heterocycles. The molecule has 0 aliphatic carbocycles. The van der Waals surface area contributed by atoms with Crippen molar-refractivity contribution in [1.29, 1.82) is 0 Å². The molecule has 1 aromatic heterocycles. The van der Waals surface area contributed by atoms with E-state index in [4.69, 9.17) is 0 Å². The Morgan fingerprint density at radius 1 is 0.930 bits per heavy atom. The molecular formula is C27H18F6N4O6. The van der Waals surface area contributed by atoms with Crippen molar-refractivity contribution in [3.63, 3.8) is 0 Å². The Morgan fingerprint density at radius 2 is 1.49 bits per heavy atom. The molecule has 0 saturated heterocycles. The summed E-state index contributed by atoms with van der Waals surface area (Å²) in [6, 6.07) is 13.4. The molecule has 1 amide bonds. The first-order chi connectivity index (χ1) is 20.1. The lowest BCUT2D eigenvalue weighted by molar-refractivity contribution is -0.384. The van der Waals surface area contributed by atoms with Crippen LogP contribution in [-0.4, -0.2) is 44.1 Å². The molecule has 3 aromatic carbocycles.